The van der Waals surface area contributed by atoms with Crippen molar-refractivity contribution in [2.24, 2.45) is 0 Å². The number of esters is 1. The number of carbonyl (C=O) groups is 1. The van der Waals surface area contributed by atoms with Crippen LogP contribution in [0.2, 0.25) is 5.02 Å². The molecule has 110 valence electrons. The highest BCUT2D eigenvalue weighted by Gasteiger charge is 2.21. The first kappa shape index (κ1) is 15.2. The van der Waals surface area contributed by atoms with Gasteiger partial charge in [0.2, 0.25) is 5.16 Å². The van der Waals surface area contributed by atoms with Crippen molar-refractivity contribution < 1.29 is 14.5 Å². The van der Waals surface area contributed by atoms with E-state index in [9.17, 15) is 14.9 Å². The summed E-state index contributed by atoms with van der Waals surface area (Å²) in [5.74, 6) is -0.544. The summed E-state index contributed by atoms with van der Waals surface area (Å²) >= 11 is 6.88. The number of tetrazole rings is 1. The topological polar surface area (TPSA) is 113 Å². The number of nitrogens with zero attached hydrogens (tertiary/aromatic N) is 5. The van der Waals surface area contributed by atoms with Crippen LogP contribution in [0, 0.1) is 10.1 Å². The molecule has 0 N–H and O–H groups in total. The second kappa shape index (κ2) is 6.50. The summed E-state index contributed by atoms with van der Waals surface area (Å²) in [6.45, 7) is -0.204. The van der Waals surface area contributed by atoms with Crippen LogP contribution in [-0.4, -0.2) is 38.2 Å². The lowest BCUT2D eigenvalue weighted by Crippen LogP contribution is -2.13. The highest BCUT2D eigenvalue weighted by atomic mass is 35.5. The summed E-state index contributed by atoms with van der Waals surface area (Å²) in [6, 6.07) is 4.32. The van der Waals surface area contributed by atoms with E-state index in [2.05, 4.69) is 20.3 Å². The van der Waals surface area contributed by atoms with E-state index >= 15 is 0 Å². The quantitative estimate of drug-likeness (QED) is 0.461. The van der Waals surface area contributed by atoms with Crippen molar-refractivity contribution in [2.45, 2.75) is 16.6 Å². The van der Waals surface area contributed by atoms with E-state index < -0.39 is 10.9 Å². The van der Waals surface area contributed by atoms with E-state index in [0.717, 1.165) is 11.8 Å². The second-order valence-corrected chi connectivity index (χ2v) is 5.03. The maximum absolute atomic E-state index is 11.2. The highest BCUT2D eigenvalue weighted by Crippen LogP contribution is 2.38. The molecule has 1 aromatic heterocycles. The van der Waals surface area contributed by atoms with Crippen LogP contribution in [-0.2, 0) is 16.1 Å². The molecule has 0 saturated heterocycles. The van der Waals surface area contributed by atoms with Crippen molar-refractivity contribution in [3.05, 3.63) is 33.3 Å². The predicted molar refractivity (Wildman–Crippen MR) is 72.1 cm³/mol. The number of rotatable bonds is 5. The van der Waals surface area contributed by atoms with Gasteiger partial charge >= 0.3 is 5.97 Å². The number of nitro benzene ring substituents is 1. The Hall–Kier alpha value is -2.20. The third kappa shape index (κ3) is 3.47. The van der Waals surface area contributed by atoms with Crippen LogP contribution in [0.1, 0.15) is 0 Å². The molecule has 0 amide bonds. The van der Waals surface area contributed by atoms with Crippen LogP contribution in [0.4, 0.5) is 5.69 Å². The normalized spacial score (nSPS) is 10.4. The molecule has 0 bridgehead atoms. The molecule has 9 nitrogen and oxygen atoms in total. The Bertz CT molecular complexity index is 692. The Balaban J connectivity index is 2.33. The molecule has 0 aliphatic carbocycles. The van der Waals surface area contributed by atoms with E-state index in [1.165, 1.54) is 30.0 Å². The van der Waals surface area contributed by atoms with Crippen LogP contribution in [0.25, 0.3) is 0 Å². The summed E-state index contributed by atoms with van der Waals surface area (Å²) in [5.41, 5.74) is -0.167. The zero-order valence-corrected chi connectivity index (χ0v) is 12.2. The number of methoxy groups -OCH3 is 1. The van der Waals surface area contributed by atoms with Gasteiger partial charge in [0.25, 0.3) is 5.69 Å². The van der Waals surface area contributed by atoms with Gasteiger partial charge in [0.15, 0.2) is 0 Å². The molecular weight excluding hydrogens is 322 g/mol. The third-order valence-corrected chi connectivity index (χ3v) is 3.88. The van der Waals surface area contributed by atoms with Crippen LogP contribution in [0.3, 0.4) is 0 Å². The molecule has 2 aromatic rings. The highest BCUT2D eigenvalue weighted by molar-refractivity contribution is 7.99. The first-order valence-electron chi connectivity index (χ1n) is 5.46. The number of benzene rings is 1. The molecule has 0 spiro atoms. The van der Waals surface area contributed by atoms with Gasteiger partial charge in [0, 0.05) is 6.07 Å². The first-order valence-corrected chi connectivity index (χ1v) is 6.66. The van der Waals surface area contributed by atoms with Crippen molar-refractivity contribution in [1.82, 2.24) is 20.2 Å². The first-order chi connectivity index (χ1) is 10.0. The fraction of sp³-hybridized carbons (Fsp3) is 0.200. The number of carbonyl (C=O) groups excluding carboxylic acids is 1. The molecule has 0 aliphatic heterocycles. The minimum Gasteiger partial charge on any atom is -0.468 e. The second-order valence-electron chi connectivity index (χ2n) is 3.64. The van der Waals surface area contributed by atoms with Gasteiger partial charge in [0.1, 0.15) is 11.4 Å². The largest absolute Gasteiger partial charge is 0.468 e. The third-order valence-electron chi connectivity index (χ3n) is 2.34. The average Bonchev–Trinajstić information content (AvgIpc) is 2.87. The number of hydrogen-bond acceptors (Lipinski definition) is 8. The number of nitro groups is 1. The molecule has 1 aromatic carbocycles. The Kier molecular flexibility index (Phi) is 4.70. The Morgan fingerprint density at radius 1 is 1.57 bits per heavy atom. The van der Waals surface area contributed by atoms with E-state index in [1.807, 2.05) is 0 Å². The minimum atomic E-state index is -0.553. The van der Waals surface area contributed by atoms with Gasteiger partial charge < -0.3 is 4.74 Å². The lowest BCUT2D eigenvalue weighted by atomic mass is 10.3. The van der Waals surface area contributed by atoms with Crippen molar-refractivity contribution >= 4 is 35.0 Å². The molecule has 0 fully saturated rings. The number of ether oxygens (including phenoxy) is 1. The maximum Gasteiger partial charge on any atom is 0.327 e. The molecule has 0 radical (unpaired) electrons. The molecule has 2 rings (SSSR count). The van der Waals surface area contributed by atoms with Gasteiger partial charge in [-0.15, -0.1) is 5.10 Å². The van der Waals surface area contributed by atoms with Crippen LogP contribution < -0.4 is 0 Å². The zero-order valence-electron chi connectivity index (χ0n) is 10.6. The number of hydrogen-bond donors (Lipinski definition) is 0. The molecule has 0 atom stereocenters. The average molecular weight is 330 g/mol. The SMILES string of the molecule is COC(=O)Cn1nnnc1Sc1c(Cl)cccc1[N+](=O)[O-]. The molecule has 0 aliphatic rings. The van der Waals surface area contributed by atoms with Gasteiger partial charge in [0.05, 0.1) is 17.1 Å². The summed E-state index contributed by atoms with van der Waals surface area (Å²) in [6.07, 6.45) is 0. The van der Waals surface area contributed by atoms with Gasteiger partial charge in [-0.2, -0.15) is 0 Å². The number of halogens is 1. The van der Waals surface area contributed by atoms with Crippen molar-refractivity contribution in [2.75, 3.05) is 7.11 Å². The predicted octanol–water partition coefficient (Wildman–Crippen LogP) is 1.56. The summed E-state index contributed by atoms with van der Waals surface area (Å²) in [4.78, 5) is 21.9. The lowest BCUT2D eigenvalue weighted by Gasteiger charge is -2.05. The molecule has 11 heteroatoms. The smallest absolute Gasteiger partial charge is 0.327 e. The van der Waals surface area contributed by atoms with Gasteiger partial charge in [-0.25, -0.2) is 4.68 Å². The zero-order chi connectivity index (χ0) is 15.4. The molecular formula is C10H8ClN5O4S. The maximum atomic E-state index is 11.2. The van der Waals surface area contributed by atoms with Crippen LogP contribution in [0.15, 0.2) is 28.3 Å². The Morgan fingerprint density at radius 3 is 3.00 bits per heavy atom. The Morgan fingerprint density at radius 2 is 2.33 bits per heavy atom. The molecule has 0 unspecified atom stereocenters. The fourth-order valence-electron chi connectivity index (χ4n) is 1.39. The summed E-state index contributed by atoms with van der Waals surface area (Å²) in [5, 5.41) is 22.2. The van der Waals surface area contributed by atoms with Gasteiger partial charge in [-0.3, -0.25) is 14.9 Å². The van der Waals surface area contributed by atoms with Gasteiger partial charge in [-0.05, 0) is 28.3 Å². The van der Waals surface area contributed by atoms with E-state index in [-0.39, 0.29) is 27.3 Å². The molecule has 0 saturated carbocycles. The van der Waals surface area contributed by atoms with Crippen molar-refractivity contribution in [3.8, 4) is 0 Å². The lowest BCUT2D eigenvalue weighted by molar-refractivity contribution is -0.387. The van der Waals surface area contributed by atoms with E-state index in [0.29, 0.717) is 0 Å². The van der Waals surface area contributed by atoms with Crippen molar-refractivity contribution in [3.63, 3.8) is 0 Å². The number of aromatic nitrogens is 4. The minimum absolute atomic E-state index is 0.167. The fourth-order valence-corrected chi connectivity index (χ4v) is 2.55. The summed E-state index contributed by atoms with van der Waals surface area (Å²) < 4.78 is 5.69. The standard InChI is InChI=1S/C10H8ClN5O4S/c1-20-8(17)5-15-10(12-13-14-15)21-9-6(11)3-2-4-7(9)16(18)19/h2-4H,5H2,1H3. The van der Waals surface area contributed by atoms with Crippen molar-refractivity contribution in [1.29, 1.82) is 0 Å². The monoisotopic (exact) mass is 329 g/mol. The Labute approximate surface area is 127 Å². The van der Waals surface area contributed by atoms with Crippen LogP contribution >= 0.6 is 23.4 Å². The van der Waals surface area contributed by atoms with Gasteiger partial charge in [-0.1, -0.05) is 17.7 Å². The van der Waals surface area contributed by atoms with Crippen LogP contribution in [0.5, 0.6) is 0 Å². The summed E-state index contributed by atoms with van der Waals surface area (Å²) in [7, 11) is 1.23. The molecule has 21 heavy (non-hydrogen) atoms. The van der Waals surface area contributed by atoms with E-state index in [1.54, 1.807) is 0 Å². The molecule has 1 heterocycles. The van der Waals surface area contributed by atoms with E-state index in [4.69, 9.17) is 11.6 Å².